The second-order valence-electron chi connectivity index (χ2n) is 4.55. The molecule has 0 atom stereocenters. The van der Waals surface area contributed by atoms with Crippen LogP contribution in [0.5, 0.6) is 17.2 Å². The molecule has 0 heterocycles. The van der Waals surface area contributed by atoms with Crippen LogP contribution in [0.1, 0.15) is 22.3 Å². The average molecular weight is 244 g/mol. The van der Waals surface area contributed by atoms with Gasteiger partial charge in [0.05, 0.1) is 0 Å². The van der Waals surface area contributed by atoms with Gasteiger partial charge in [0.25, 0.3) is 0 Å². The van der Waals surface area contributed by atoms with Crippen LogP contribution >= 0.6 is 0 Å². The third-order valence-electron chi connectivity index (χ3n) is 3.19. The second-order valence-corrected chi connectivity index (χ2v) is 4.55. The third-order valence-corrected chi connectivity index (χ3v) is 3.19. The zero-order valence-corrected chi connectivity index (χ0v) is 10.4. The summed E-state index contributed by atoms with van der Waals surface area (Å²) >= 11 is 0. The summed E-state index contributed by atoms with van der Waals surface area (Å²) < 4.78 is 0. The van der Waals surface area contributed by atoms with E-state index in [4.69, 9.17) is 0 Å². The van der Waals surface area contributed by atoms with Crippen molar-refractivity contribution in [2.75, 3.05) is 0 Å². The fourth-order valence-electron chi connectivity index (χ4n) is 1.99. The van der Waals surface area contributed by atoms with E-state index in [9.17, 15) is 15.3 Å². The van der Waals surface area contributed by atoms with Crippen LogP contribution in [-0.4, -0.2) is 15.3 Å². The first-order valence-electron chi connectivity index (χ1n) is 5.77. The van der Waals surface area contributed by atoms with Gasteiger partial charge in [0.2, 0.25) is 0 Å². The largest absolute Gasteiger partial charge is 0.508 e. The molecule has 0 aliphatic rings. The second kappa shape index (κ2) is 4.61. The zero-order valence-electron chi connectivity index (χ0n) is 10.4. The van der Waals surface area contributed by atoms with Crippen LogP contribution in [0.3, 0.4) is 0 Å². The lowest BCUT2D eigenvalue weighted by molar-refractivity contribution is 0.403. The van der Waals surface area contributed by atoms with Gasteiger partial charge < -0.3 is 15.3 Å². The van der Waals surface area contributed by atoms with Gasteiger partial charge in [-0.05, 0) is 66.8 Å². The predicted molar refractivity (Wildman–Crippen MR) is 70.2 cm³/mol. The fourth-order valence-corrected chi connectivity index (χ4v) is 1.99. The molecule has 0 aliphatic carbocycles. The molecular weight excluding hydrogens is 228 g/mol. The van der Waals surface area contributed by atoms with E-state index in [0.717, 1.165) is 22.3 Å². The lowest BCUT2D eigenvalue weighted by atomic mass is 9.97. The first kappa shape index (κ1) is 12.3. The van der Waals surface area contributed by atoms with Gasteiger partial charge in [-0.15, -0.1) is 0 Å². The Hall–Kier alpha value is -2.16. The van der Waals surface area contributed by atoms with Gasteiger partial charge in [-0.25, -0.2) is 0 Å². The van der Waals surface area contributed by atoms with E-state index in [0.29, 0.717) is 6.42 Å². The van der Waals surface area contributed by atoms with E-state index in [1.807, 2.05) is 13.8 Å². The lowest BCUT2D eigenvalue weighted by Crippen LogP contribution is -1.94. The summed E-state index contributed by atoms with van der Waals surface area (Å²) in [5.74, 6) is 0.000639. The fraction of sp³-hybridized carbons (Fsp3) is 0.200. The van der Waals surface area contributed by atoms with Crippen LogP contribution in [0.4, 0.5) is 0 Å². The molecule has 3 N–H and O–H groups in total. The molecule has 94 valence electrons. The maximum atomic E-state index is 9.61. The molecule has 0 aliphatic heterocycles. The van der Waals surface area contributed by atoms with Crippen LogP contribution in [0, 0.1) is 13.8 Å². The van der Waals surface area contributed by atoms with Crippen molar-refractivity contribution in [2.24, 2.45) is 0 Å². The van der Waals surface area contributed by atoms with Crippen molar-refractivity contribution in [3.63, 3.8) is 0 Å². The van der Waals surface area contributed by atoms with E-state index in [2.05, 4.69) is 0 Å². The molecular formula is C15H16O3. The highest BCUT2D eigenvalue weighted by Crippen LogP contribution is 2.28. The Morgan fingerprint density at radius 2 is 1.61 bits per heavy atom. The highest BCUT2D eigenvalue weighted by atomic mass is 16.3. The normalized spacial score (nSPS) is 10.6. The minimum atomic E-state index is -0.123. The summed E-state index contributed by atoms with van der Waals surface area (Å²) in [7, 11) is 0. The summed E-state index contributed by atoms with van der Waals surface area (Å²) in [6.07, 6.45) is 0.606. The van der Waals surface area contributed by atoms with E-state index in [-0.39, 0.29) is 17.2 Å². The Balaban J connectivity index is 2.36. The summed E-state index contributed by atoms with van der Waals surface area (Å²) in [6.45, 7) is 3.96. The number of benzene rings is 2. The van der Waals surface area contributed by atoms with Crippen molar-refractivity contribution in [1.82, 2.24) is 0 Å². The van der Waals surface area contributed by atoms with Crippen molar-refractivity contribution in [3.8, 4) is 17.2 Å². The zero-order chi connectivity index (χ0) is 13.3. The maximum absolute atomic E-state index is 9.61. The Bertz CT molecular complexity index is 589. The van der Waals surface area contributed by atoms with Gasteiger partial charge in [0.1, 0.15) is 5.75 Å². The van der Waals surface area contributed by atoms with Crippen LogP contribution in [0.2, 0.25) is 0 Å². The number of aryl methyl sites for hydroxylation is 1. The van der Waals surface area contributed by atoms with Gasteiger partial charge in [-0.2, -0.15) is 0 Å². The molecule has 3 heteroatoms. The molecule has 2 aromatic carbocycles. The Morgan fingerprint density at radius 3 is 2.28 bits per heavy atom. The molecule has 18 heavy (non-hydrogen) atoms. The van der Waals surface area contributed by atoms with Crippen molar-refractivity contribution < 1.29 is 15.3 Å². The van der Waals surface area contributed by atoms with Gasteiger partial charge in [0.15, 0.2) is 11.5 Å². The number of aromatic hydroxyl groups is 3. The lowest BCUT2D eigenvalue weighted by Gasteiger charge is -2.10. The summed E-state index contributed by atoms with van der Waals surface area (Å²) in [5.41, 5.74) is 4.06. The SMILES string of the molecule is Cc1cc(O)cc(Cc2ccc(O)c(O)c2)c1C. The predicted octanol–water partition coefficient (Wildman–Crippen LogP) is 3.01. The van der Waals surface area contributed by atoms with Crippen molar-refractivity contribution in [2.45, 2.75) is 20.3 Å². The topological polar surface area (TPSA) is 60.7 Å². The van der Waals surface area contributed by atoms with E-state index >= 15 is 0 Å². The summed E-state index contributed by atoms with van der Waals surface area (Å²) in [5, 5.41) is 28.3. The minimum Gasteiger partial charge on any atom is -0.508 e. The molecule has 0 unspecified atom stereocenters. The quantitative estimate of drug-likeness (QED) is 0.712. The average Bonchev–Trinajstić information content (AvgIpc) is 2.30. The monoisotopic (exact) mass is 244 g/mol. The van der Waals surface area contributed by atoms with Gasteiger partial charge in [-0.1, -0.05) is 6.07 Å². The highest BCUT2D eigenvalue weighted by molar-refractivity contribution is 5.45. The molecule has 0 bridgehead atoms. The number of hydrogen-bond donors (Lipinski definition) is 3. The maximum Gasteiger partial charge on any atom is 0.157 e. The molecule has 0 saturated carbocycles. The van der Waals surface area contributed by atoms with Crippen molar-refractivity contribution in [1.29, 1.82) is 0 Å². The molecule has 0 spiro atoms. The number of rotatable bonds is 2. The highest BCUT2D eigenvalue weighted by Gasteiger charge is 2.07. The van der Waals surface area contributed by atoms with E-state index in [1.165, 1.54) is 12.1 Å². The van der Waals surface area contributed by atoms with Crippen molar-refractivity contribution in [3.05, 3.63) is 52.6 Å². The molecule has 3 nitrogen and oxygen atoms in total. The molecule has 0 fully saturated rings. The number of phenolic OH excluding ortho intramolecular Hbond substituents is 3. The smallest absolute Gasteiger partial charge is 0.157 e. The number of phenols is 3. The molecule has 0 radical (unpaired) electrons. The third kappa shape index (κ3) is 2.40. The molecule has 2 rings (SSSR count). The standard InChI is InChI=1S/C15H16O3/c1-9-5-13(16)8-12(10(9)2)6-11-3-4-14(17)15(18)7-11/h3-5,7-8,16-18H,6H2,1-2H3. The Morgan fingerprint density at radius 1 is 0.889 bits per heavy atom. The minimum absolute atomic E-state index is 0.123. The molecule has 0 aromatic heterocycles. The van der Waals surface area contributed by atoms with Gasteiger partial charge in [0, 0.05) is 0 Å². The van der Waals surface area contributed by atoms with Crippen LogP contribution in [0.25, 0.3) is 0 Å². The van der Waals surface area contributed by atoms with Gasteiger partial charge in [-0.3, -0.25) is 0 Å². The first-order chi connectivity index (χ1) is 8.47. The van der Waals surface area contributed by atoms with Gasteiger partial charge >= 0.3 is 0 Å². The van der Waals surface area contributed by atoms with Crippen LogP contribution in [-0.2, 0) is 6.42 Å². The molecule has 2 aromatic rings. The first-order valence-corrected chi connectivity index (χ1v) is 5.77. The number of hydrogen-bond acceptors (Lipinski definition) is 3. The Kier molecular flexibility index (Phi) is 3.15. The molecule has 0 amide bonds. The summed E-state index contributed by atoms with van der Waals surface area (Å²) in [4.78, 5) is 0. The van der Waals surface area contributed by atoms with E-state index in [1.54, 1.807) is 18.2 Å². The van der Waals surface area contributed by atoms with Crippen molar-refractivity contribution >= 4 is 0 Å². The van der Waals surface area contributed by atoms with Crippen LogP contribution in [0.15, 0.2) is 30.3 Å². The van der Waals surface area contributed by atoms with E-state index < -0.39 is 0 Å². The van der Waals surface area contributed by atoms with Crippen LogP contribution < -0.4 is 0 Å². The Labute approximate surface area is 106 Å². The molecule has 0 saturated heterocycles. The summed E-state index contributed by atoms with van der Waals surface area (Å²) in [6, 6.07) is 8.22.